The molecule has 0 N–H and O–H groups in total. The van der Waals surface area contributed by atoms with E-state index in [1.54, 1.807) is 24.3 Å². The second kappa shape index (κ2) is 7.05. The molecule has 0 saturated heterocycles. The van der Waals surface area contributed by atoms with Gasteiger partial charge in [-0.2, -0.15) is 13.2 Å². The Kier molecular flexibility index (Phi) is 4.97. The van der Waals surface area contributed by atoms with Crippen LogP contribution in [0.15, 0.2) is 60.7 Å². The minimum Gasteiger partial charge on any atom is -0.772 e. The molecule has 0 aliphatic rings. The first kappa shape index (κ1) is 18.3. The fraction of sp³-hybridized carbons (Fsp3) is 0.111. The molecule has 0 radical (unpaired) electrons. The average Bonchev–Trinajstić information content (AvgIpc) is 3.01. The molecule has 1 heterocycles. The lowest BCUT2D eigenvalue weighted by Crippen LogP contribution is -2.13. The molecule has 3 nitrogen and oxygen atoms in total. The van der Waals surface area contributed by atoms with Crippen molar-refractivity contribution < 1.29 is 26.3 Å². The summed E-state index contributed by atoms with van der Waals surface area (Å²) in [5.41, 5.74) is 0.550. The van der Waals surface area contributed by atoms with E-state index in [9.17, 15) is 26.3 Å². The standard InChI is InChI=1S/C18H13F4NO2S/c19-14-5-7-15(8-6-14)23-16(9-10-17(23)18(20,21)22)13-3-1-12(2-4-13)11-26(24)25/h1-10H,11H2,(H,24,25)/p-1. The Morgan fingerprint density at radius 2 is 1.54 bits per heavy atom. The van der Waals surface area contributed by atoms with E-state index in [1.165, 1.54) is 18.2 Å². The minimum absolute atomic E-state index is 0.170. The molecule has 0 saturated carbocycles. The number of nitrogens with zero attached hydrogens (tertiary/aromatic N) is 1. The van der Waals surface area contributed by atoms with Gasteiger partial charge in [-0.05, 0) is 47.5 Å². The van der Waals surface area contributed by atoms with Gasteiger partial charge in [0.15, 0.2) is 0 Å². The molecule has 2 aromatic carbocycles. The Labute approximate surface area is 149 Å². The number of hydrogen-bond acceptors (Lipinski definition) is 2. The van der Waals surface area contributed by atoms with Crippen molar-refractivity contribution in [2.24, 2.45) is 0 Å². The van der Waals surface area contributed by atoms with E-state index in [0.29, 0.717) is 11.1 Å². The summed E-state index contributed by atoms with van der Waals surface area (Å²) < 4.78 is 75.8. The molecule has 0 amide bonds. The van der Waals surface area contributed by atoms with Crippen molar-refractivity contribution in [3.8, 4) is 16.9 Å². The zero-order chi connectivity index (χ0) is 18.9. The molecule has 0 fully saturated rings. The SMILES string of the molecule is O=S([O-])Cc1ccc(-c2ccc(C(F)(F)F)n2-c2ccc(F)cc2)cc1. The largest absolute Gasteiger partial charge is 0.772 e. The van der Waals surface area contributed by atoms with Crippen molar-refractivity contribution in [3.05, 3.63) is 77.7 Å². The summed E-state index contributed by atoms with van der Waals surface area (Å²) in [5, 5.41) is 0. The molecule has 8 heteroatoms. The smallest absolute Gasteiger partial charge is 0.431 e. The second-order valence-electron chi connectivity index (χ2n) is 5.56. The van der Waals surface area contributed by atoms with Crippen LogP contribution < -0.4 is 0 Å². The van der Waals surface area contributed by atoms with Crippen molar-refractivity contribution in [2.75, 3.05) is 0 Å². The van der Waals surface area contributed by atoms with Crippen LogP contribution in [0, 0.1) is 5.82 Å². The third-order valence-corrected chi connectivity index (χ3v) is 4.36. The highest BCUT2D eigenvalue weighted by molar-refractivity contribution is 7.78. The van der Waals surface area contributed by atoms with E-state index >= 15 is 0 Å². The fourth-order valence-corrected chi connectivity index (χ4v) is 3.12. The molecule has 1 unspecified atom stereocenters. The maximum Gasteiger partial charge on any atom is 0.431 e. The van der Waals surface area contributed by atoms with Crippen molar-refractivity contribution in [2.45, 2.75) is 11.9 Å². The summed E-state index contributed by atoms with van der Waals surface area (Å²) in [5.74, 6) is -0.724. The molecule has 0 bridgehead atoms. The summed E-state index contributed by atoms with van der Waals surface area (Å²) >= 11 is -2.25. The van der Waals surface area contributed by atoms with Crippen molar-refractivity contribution in [1.29, 1.82) is 0 Å². The van der Waals surface area contributed by atoms with Gasteiger partial charge in [-0.3, -0.25) is 4.21 Å². The van der Waals surface area contributed by atoms with Gasteiger partial charge in [-0.1, -0.05) is 35.3 Å². The van der Waals surface area contributed by atoms with Crippen molar-refractivity contribution in [1.82, 2.24) is 4.57 Å². The molecule has 0 spiro atoms. The molecule has 0 aliphatic carbocycles. The minimum atomic E-state index is -4.59. The van der Waals surface area contributed by atoms with Crippen LogP contribution in [0.3, 0.4) is 0 Å². The van der Waals surface area contributed by atoms with Crippen LogP contribution in [0.5, 0.6) is 0 Å². The van der Waals surface area contributed by atoms with Gasteiger partial charge in [-0.25, -0.2) is 4.39 Å². The first-order chi connectivity index (χ1) is 12.3. The highest BCUT2D eigenvalue weighted by Gasteiger charge is 2.35. The Morgan fingerprint density at radius 3 is 2.08 bits per heavy atom. The van der Waals surface area contributed by atoms with Crippen LogP contribution >= 0.6 is 0 Å². The summed E-state index contributed by atoms with van der Waals surface area (Å²) in [6.45, 7) is 0. The Bertz CT molecular complexity index is 931. The number of aromatic nitrogens is 1. The normalized spacial score (nSPS) is 13.0. The van der Waals surface area contributed by atoms with Gasteiger partial charge in [0.1, 0.15) is 11.5 Å². The van der Waals surface area contributed by atoms with E-state index in [1.807, 2.05) is 0 Å². The van der Waals surface area contributed by atoms with Gasteiger partial charge in [0.05, 0.1) is 5.69 Å². The molecule has 0 aliphatic heterocycles. The summed E-state index contributed by atoms with van der Waals surface area (Å²) in [6.07, 6.45) is -4.59. The molecule has 3 aromatic rings. The summed E-state index contributed by atoms with van der Waals surface area (Å²) in [4.78, 5) is 0. The van der Waals surface area contributed by atoms with E-state index in [2.05, 4.69) is 0 Å². The summed E-state index contributed by atoms with van der Waals surface area (Å²) in [7, 11) is 0. The van der Waals surface area contributed by atoms with E-state index in [0.717, 1.165) is 22.8 Å². The highest BCUT2D eigenvalue weighted by Crippen LogP contribution is 2.36. The summed E-state index contributed by atoms with van der Waals surface area (Å²) in [6, 6.07) is 13.2. The van der Waals surface area contributed by atoms with E-state index < -0.39 is 28.8 Å². The molecule has 1 aromatic heterocycles. The molecular weight excluding hydrogens is 370 g/mol. The predicted molar refractivity (Wildman–Crippen MR) is 88.8 cm³/mol. The maximum absolute atomic E-state index is 13.4. The number of hydrogen-bond donors (Lipinski definition) is 0. The van der Waals surface area contributed by atoms with E-state index in [4.69, 9.17) is 0 Å². The monoisotopic (exact) mass is 382 g/mol. The van der Waals surface area contributed by atoms with Crippen LogP contribution in [-0.2, 0) is 23.0 Å². The van der Waals surface area contributed by atoms with Crippen LogP contribution in [-0.4, -0.2) is 13.3 Å². The zero-order valence-electron chi connectivity index (χ0n) is 13.2. The number of benzene rings is 2. The Hall–Kier alpha value is -2.45. The number of rotatable bonds is 4. The number of alkyl halides is 3. The van der Waals surface area contributed by atoms with Gasteiger partial charge < -0.3 is 9.12 Å². The second-order valence-corrected chi connectivity index (χ2v) is 6.45. The third kappa shape index (κ3) is 3.86. The lowest BCUT2D eigenvalue weighted by molar-refractivity contribution is -0.142. The molecular formula is C18H12F4NO2S-. The molecule has 3 rings (SSSR count). The van der Waals surface area contributed by atoms with Crippen LogP contribution in [0.4, 0.5) is 17.6 Å². The Morgan fingerprint density at radius 1 is 0.923 bits per heavy atom. The van der Waals surface area contributed by atoms with Crippen LogP contribution in [0.25, 0.3) is 16.9 Å². The van der Waals surface area contributed by atoms with Gasteiger partial charge in [0, 0.05) is 11.4 Å². The highest BCUT2D eigenvalue weighted by atomic mass is 32.2. The zero-order valence-corrected chi connectivity index (χ0v) is 14.0. The first-order valence-electron chi connectivity index (χ1n) is 7.46. The van der Waals surface area contributed by atoms with Gasteiger partial charge in [-0.15, -0.1) is 0 Å². The quantitative estimate of drug-likeness (QED) is 0.486. The predicted octanol–water partition coefficient (Wildman–Crippen LogP) is 4.68. The fourth-order valence-electron chi connectivity index (χ4n) is 2.66. The van der Waals surface area contributed by atoms with Gasteiger partial charge >= 0.3 is 6.18 Å². The molecule has 1 atom stereocenters. The molecule has 136 valence electrons. The first-order valence-corrected chi connectivity index (χ1v) is 8.70. The average molecular weight is 382 g/mol. The van der Waals surface area contributed by atoms with Crippen LogP contribution in [0.1, 0.15) is 11.3 Å². The lowest BCUT2D eigenvalue weighted by Gasteiger charge is -2.16. The molecule has 26 heavy (non-hydrogen) atoms. The lowest BCUT2D eigenvalue weighted by atomic mass is 10.1. The van der Waals surface area contributed by atoms with E-state index in [-0.39, 0.29) is 17.1 Å². The van der Waals surface area contributed by atoms with Crippen molar-refractivity contribution in [3.63, 3.8) is 0 Å². The topological polar surface area (TPSA) is 45.1 Å². The number of halogens is 4. The Balaban J connectivity index is 2.11. The third-order valence-electron chi connectivity index (χ3n) is 3.79. The maximum atomic E-state index is 13.4. The van der Waals surface area contributed by atoms with Gasteiger partial charge in [0.25, 0.3) is 0 Å². The van der Waals surface area contributed by atoms with Crippen LogP contribution in [0.2, 0.25) is 0 Å². The van der Waals surface area contributed by atoms with Gasteiger partial charge in [0.2, 0.25) is 0 Å². The van der Waals surface area contributed by atoms with Crippen molar-refractivity contribution >= 4 is 11.1 Å².